The van der Waals surface area contributed by atoms with Gasteiger partial charge >= 0.3 is 0 Å². The van der Waals surface area contributed by atoms with Crippen LogP contribution >= 0.6 is 0 Å². The van der Waals surface area contributed by atoms with Crippen LogP contribution in [0.3, 0.4) is 0 Å². The fraction of sp³-hybridized carbons (Fsp3) is 0.391. The Morgan fingerprint density at radius 2 is 1.72 bits per heavy atom. The normalized spacial score (nSPS) is 11.8. The number of carbonyl (C=O) groups excluding carboxylic acids is 2. The van der Waals surface area contributed by atoms with Gasteiger partial charge in [-0.05, 0) is 42.2 Å². The van der Waals surface area contributed by atoms with E-state index in [4.69, 9.17) is 4.74 Å². The van der Waals surface area contributed by atoms with E-state index in [2.05, 4.69) is 5.32 Å². The largest absolute Gasteiger partial charge is 0.484 e. The molecule has 2 aromatic carbocycles. The summed E-state index contributed by atoms with van der Waals surface area (Å²) in [5.41, 5.74) is 0.745. The Morgan fingerprint density at radius 3 is 2.31 bits per heavy atom. The van der Waals surface area contributed by atoms with Crippen molar-refractivity contribution in [3.05, 3.63) is 66.0 Å². The van der Waals surface area contributed by atoms with E-state index in [9.17, 15) is 14.0 Å². The predicted molar refractivity (Wildman–Crippen MR) is 111 cm³/mol. The van der Waals surface area contributed by atoms with Gasteiger partial charge in [0.2, 0.25) is 5.91 Å². The lowest BCUT2D eigenvalue weighted by Crippen LogP contribution is -2.50. The summed E-state index contributed by atoms with van der Waals surface area (Å²) in [7, 11) is 0. The number of benzene rings is 2. The van der Waals surface area contributed by atoms with Crippen molar-refractivity contribution in [1.29, 1.82) is 0 Å². The van der Waals surface area contributed by atoms with Gasteiger partial charge in [-0.2, -0.15) is 0 Å². The number of nitrogens with zero attached hydrogens (tertiary/aromatic N) is 1. The highest BCUT2D eigenvalue weighted by Crippen LogP contribution is 2.15. The van der Waals surface area contributed by atoms with Crippen molar-refractivity contribution in [3.8, 4) is 5.75 Å². The number of nitrogens with one attached hydrogen (secondary N) is 1. The molecule has 0 saturated carbocycles. The molecule has 2 rings (SSSR count). The predicted octanol–water partition coefficient (Wildman–Crippen LogP) is 3.78. The number of carbonyl (C=O) groups is 2. The number of halogens is 1. The SMILES string of the molecule is CC[C@H](C(=O)NCC(C)C)N(Cc1ccc(F)cc1)C(=O)COc1ccccc1. The van der Waals surface area contributed by atoms with Crippen molar-refractivity contribution in [3.63, 3.8) is 0 Å². The fourth-order valence-corrected chi connectivity index (χ4v) is 2.87. The van der Waals surface area contributed by atoms with Gasteiger partial charge in [-0.25, -0.2) is 4.39 Å². The molecule has 0 aliphatic rings. The molecule has 0 spiro atoms. The van der Waals surface area contributed by atoms with Gasteiger partial charge in [0.25, 0.3) is 5.91 Å². The summed E-state index contributed by atoms with van der Waals surface area (Å²) in [6.07, 6.45) is 0.461. The monoisotopic (exact) mass is 400 g/mol. The first-order valence-corrected chi connectivity index (χ1v) is 9.90. The molecular weight excluding hydrogens is 371 g/mol. The third kappa shape index (κ3) is 7.22. The van der Waals surface area contributed by atoms with Gasteiger partial charge < -0.3 is 15.0 Å². The third-order valence-electron chi connectivity index (χ3n) is 4.44. The molecule has 29 heavy (non-hydrogen) atoms. The zero-order valence-electron chi connectivity index (χ0n) is 17.2. The lowest BCUT2D eigenvalue weighted by Gasteiger charge is -2.30. The standard InChI is InChI=1S/C23H29FN2O3/c1-4-21(23(28)25-14-17(2)3)26(15-18-10-12-19(24)13-11-18)22(27)16-29-20-8-6-5-7-9-20/h5-13,17,21H,4,14-16H2,1-3H3,(H,25,28)/t21-/m1/s1. The molecule has 0 unspecified atom stereocenters. The van der Waals surface area contributed by atoms with Crippen LogP contribution in [0.4, 0.5) is 4.39 Å². The van der Waals surface area contributed by atoms with Gasteiger partial charge in [0, 0.05) is 13.1 Å². The van der Waals surface area contributed by atoms with E-state index in [0.29, 0.717) is 24.6 Å². The molecule has 0 fully saturated rings. The topological polar surface area (TPSA) is 58.6 Å². The lowest BCUT2D eigenvalue weighted by molar-refractivity contribution is -0.143. The Labute approximate surface area is 171 Å². The van der Waals surface area contributed by atoms with Crippen molar-refractivity contribution in [2.24, 2.45) is 5.92 Å². The zero-order chi connectivity index (χ0) is 21.2. The molecule has 1 N–H and O–H groups in total. The molecule has 0 saturated heterocycles. The number of rotatable bonds is 10. The van der Waals surface area contributed by atoms with Crippen molar-refractivity contribution in [2.75, 3.05) is 13.2 Å². The number of hydrogen-bond donors (Lipinski definition) is 1. The quantitative estimate of drug-likeness (QED) is 0.660. The highest BCUT2D eigenvalue weighted by atomic mass is 19.1. The van der Waals surface area contributed by atoms with Crippen LogP contribution < -0.4 is 10.1 Å². The van der Waals surface area contributed by atoms with Crippen LogP contribution in [0.15, 0.2) is 54.6 Å². The summed E-state index contributed by atoms with van der Waals surface area (Å²) in [6.45, 7) is 6.44. The highest BCUT2D eigenvalue weighted by Gasteiger charge is 2.29. The average molecular weight is 400 g/mol. The fourth-order valence-electron chi connectivity index (χ4n) is 2.87. The molecule has 6 heteroatoms. The van der Waals surface area contributed by atoms with E-state index in [1.165, 1.54) is 17.0 Å². The van der Waals surface area contributed by atoms with Crippen LogP contribution in [-0.2, 0) is 16.1 Å². The van der Waals surface area contributed by atoms with E-state index in [1.807, 2.05) is 39.0 Å². The van der Waals surface area contributed by atoms with Gasteiger partial charge in [-0.1, -0.05) is 51.1 Å². The Balaban J connectivity index is 2.16. The summed E-state index contributed by atoms with van der Waals surface area (Å²) in [6, 6.07) is 14.3. The molecular formula is C23H29FN2O3. The van der Waals surface area contributed by atoms with Crippen molar-refractivity contribution in [1.82, 2.24) is 10.2 Å². The Kier molecular flexibility index (Phi) is 8.65. The summed E-state index contributed by atoms with van der Waals surface area (Å²) in [5, 5.41) is 2.90. The maximum absolute atomic E-state index is 13.3. The first-order chi connectivity index (χ1) is 13.9. The number of hydrogen-bond acceptors (Lipinski definition) is 3. The van der Waals surface area contributed by atoms with E-state index in [-0.39, 0.29) is 30.8 Å². The van der Waals surface area contributed by atoms with E-state index in [0.717, 1.165) is 5.56 Å². The molecule has 0 aliphatic carbocycles. The lowest BCUT2D eigenvalue weighted by atomic mass is 10.1. The molecule has 0 bridgehead atoms. The van der Waals surface area contributed by atoms with Crippen LogP contribution in [0.5, 0.6) is 5.75 Å². The molecule has 2 aromatic rings. The van der Waals surface area contributed by atoms with Gasteiger partial charge in [0.05, 0.1) is 0 Å². The third-order valence-corrected chi connectivity index (χ3v) is 4.44. The minimum absolute atomic E-state index is 0.181. The van der Waals surface area contributed by atoms with Crippen LogP contribution in [-0.4, -0.2) is 35.9 Å². The molecule has 156 valence electrons. The summed E-state index contributed by atoms with van der Waals surface area (Å²) in [5.74, 6) is 0.0425. The van der Waals surface area contributed by atoms with Crippen LogP contribution in [0.25, 0.3) is 0 Å². The minimum atomic E-state index is -0.634. The summed E-state index contributed by atoms with van der Waals surface area (Å²) >= 11 is 0. The molecule has 1 atom stereocenters. The Hall–Kier alpha value is -2.89. The number of amides is 2. The van der Waals surface area contributed by atoms with Crippen molar-refractivity contribution in [2.45, 2.75) is 39.8 Å². The summed E-state index contributed by atoms with van der Waals surface area (Å²) in [4.78, 5) is 27.2. The van der Waals surface area contributed by atoms with E-state index in [1.54, 1.807) is 24.3 Å². The van der Waals surface area contributed by atoms with Crippen LogP contribution in [0.1, 0.15) is 32.8 Å². The molecule has 2 amide bonds. The second-order valence-corrected chi connectivity index (χ2v) is 7.31. The van der Waals surface area contributed by atoms with E-state index < -0.39 is 6.04 Å². The maximum Gasteiger partial charge on any atom is 0.261 e. The molecule has 0 aromatic heterocycles. The zero-order valence-corrected chi connectivity index (χ0v) is 17.2. The minimum Gasteiger partial charge on any atom is -0.484 e. The van der Waals surface area contributed by atoms with Crippen molar-refractivity contribution >= 4 is 11.8 Å². The molecule has 0 heterocycles. The summed E-state index contributed by atoms with van der Waals surface area (Å²) < 4.78 is 18.9. The van der Waals surface area contributed by atoms with Crippen molar-refractivity contribution < 1.29 is 18.7 Å². The Bertz CT molecular complexity index is 778. The molecule has 0 aliphatic heterocycles. The second kappa shape index (κ2) is 11.2. The first kappa shape index (κ1) is 22.4. The highest BCUT2D eigenvalue weighted by molar-refractivity contribution is 5.88. The number of para-hydroxylation sites is 1. The van der Waals surface area contributed by atoms with Gasteiger partial charge in [-0.3, -0.25) is 9.59 Å². The van der Waals surface area contributed by atoms with E-state index >= 15 is 0 Å². The number of ether oxygens (including phenoxy) is 1. The maximum atomic E-state index is 13.3. The smallest absolute Gasteiger partial charge is 0.261 e. The Morgan fingerprint density at radius 1 is 1.07 bits per heavy atom. The van der Waals surface area contributed by atoms with Gasteiger partial charge in [-0.15, -0.1) is 0 Å². The average Bonchev–Trinajstić information content (AvgIpc) is 2.72. The molecule has 0 radical (unpaired) electrons. The molecule has 5 nitrogen and oxygen atoms in total. The second-order valence-electron chi connectivity index (χ2n) is 7.31. The first-order valence-electron chi connectivity index (χ1n) is 9.90. The van der Waals surface area contributed by atoms with Crippen LogP contribution in [0.2, 0.25) is 0 Å². The van der Waals surface area contributed by atoms with Crippen LogP contribution in [0, 0.1) is 11.7 Å². The van der Waals surface area contributed by atoms with Gasteiger partial charge in [0.1, 0.15) is 17.6 Å². The van der Waals surface area contributed by atoms with Gasteiger partial charge in [0.15, 0.2) is 6.61 Å².